The molecule has 5 rings (SSSR count). The van der Waals surface area contributed by atoms with Crippen molar-refractivity contribution in [2.75, 3.05) is 30.4 Å². The molecule has 1 aromatic carbocycles. The highest BCUT2D eigenvalue weighted by Gasteiger charge is 2.22. The van der Waals surface area contributed by atoms with Gasteiger partial charge in [-0.25, -0.2) is 4.98 Å². The lowest BCUT2D eigenvalue weighted by molar-refractivity contribution is 0.415. The lowest BCUT2D eigenvalue weighted by Gasteiger charge is -2.28. The topological polar surface area (TPSA) is 81.0 Å². The van der Waals surface area contributed by atoms with Crippen LogP contribution in [0.5, 0.6) is 5.75 Å². The van der Waals surface area contributed by atoms with Crippen LogP contribution in [0.4, 0.5) is 17.5 Å². The zero-order chi connectivity index (χ0) is 22.6. The average Bonchev–Trinajstić information content (AvgIpc) is 3.31. The molecule has 4 heterocycles. The van der Waals surface area contributed by atoms with Gasteiger partial charge in [-0.1, -0.05) is 18.2 Å². The lowest BCUT2D eigenvalue weighted by Crippen LogP contribution is -2.31. The third-order valence-corrected chi connectivity index (χ3v) is 5.79. The molecule has 3 aromatic heterocycles. The van der Waals surface area contributed by atoms with Gasteiger partial charge in [0.15, 0.2) is 11.6 Å². The highest BCUT2D eigenvalue weighted by Crippen LogP contribution is 2.38. The summed E-state index contributed by atoms with van der Waals surface area (Å²) < 4.78 is 7.66. The summed E-state index contributed by atoms with van der Waals surface area (Å²) in [5.41, 5.74) is 4.53. The smallest absolute Gasteiger partial charge is 0.228 e. The van der Waals surface area contributed by atoms with E-state index < -0.39 is 0 Å². The van der Waals surface area contributed by atoms with Crippen LogP contribution >= 0.6 is 0 Å². The molecule has 0 radical (unpaired) electrons. The van der Waals surface area contributed by atoms with Gasteiger partial charge in [0, 0.05) is 55.5 Å². The Morgan fingerprint density at radius 3 is 2.45 bits per heavy atom. The van der Waals surface area contributed by atoms with E-state index in [1.807, 2.05) is 43.6 Å². The fourth-order valence-electron chi connectivity index (χ4n) is 4.11. The van der Waals surface area contributed by atoms with Gasteiger partial charge in [-0.15, -0.1) is 0 Å². The normalized spacial score (nSPS) is 13.7. The second-order valence-corrected chi connectivity index (χ2v) is 8.12. The largest absolute Gasteiger partial charge is 0.491 e. The fraction of sp³-hybridized carbons (Fsp3) is 0.280. The monoisotopic (exact) mass is 441 g/mol. The van der Waals surface area contributed by atoms with Gasteiger partial charge in [-0.3, -0.25) is 9.67 Å². The van der Waals surface area contributed by atoms with Crippen molar-refractivity contribution in [1.82, 2.24) is 24.7 Å². The summed E-state index contributed by atoms with van der Waals surface area (Å²) in [6.07, 6.45) is 8.98. The number of pyridine rings is 1. The van der Waals surface area contributed by atoms with Crippen LogP contribution in [0, 0.1) is 0 Å². The van der Waals surface area contributed by atoms with Gasteiger partial charge in [0.2, 0.25) is 5.95 Å². The van der Waals surface area contributed by atoms with Crippen LogP contribution in [0.2, 0.25) is 0 Å². The lowest BCUT2D eigenvalue weighted by atomic mass is 10.0. The molecule has 0 atom stereocenters. The molecule has 8 nitrogen and oxygen atoms in total. The molecular formula is C25H27N7O. The summed E-state index contributed by atoms with van der Waals surface area (Å²) in [7, 11) is 3.58. The summed E-state index contributed by atoms with van der Waals surface area (Å²) in [5, 5.41) is 7.95. The number of aryl methyl sites for hydroxylation is 1. The minimum atomic E-state index is 0.603. The van der Waals surface area contributed by atoms with Gasteiger partial charge < -0.3 is 15.0 Å². The number of benzene rings is 1. The number of nitrogens with zero attached hydrogens (tertiary/aromatic N) is 6. The molecule has 0 amide bonds. The fourth-order valence-corrected chi connectivity index (χ4v) is 4.11. The maximum Gasteiger partial charge on any atom is 0.228 e. The van der Waals surface area contributed by atoms with E-state index in [4.69, 9.17) is 14.7 Å². The minimum absolute atomic E-state index is 0.603. The van der Waals surface area contributed by atoms with Crippen molar-refractivity contribution in [3.63, 3.8) is 0 Å². The van der Waals surface area contributed by atoms with E-state index >= 15 is 0 Å². The summed E-state index contributed by atoms with van der Waals surface area (Å²) >= 11 is 0. The van der Waals surface area contributed by atoms with E-state index in [-0.39, 0.29) is 0 Å². The van der Waals surface area contributed by atoms with Gasteiger partial charge >= 0.3 is 0 Å². The number of methoxy groups -OCH3 is 1. The Balaban J connectivity index is 1.63. The predicted molar refractivity (Wildman–Crippen MR) is 130 cm³/mol. The third kappa shape index (κ3) is 4.50. The van der Waals surface area contributed by atoms with Crippen LogP contribution in [-0.4, -0.2) is 44.9 Å². The predicted octanol–water partition coefficient (Wildman–Crippen LogP) is 4.68. The molecule has 0 bridgehead atoms. The first-order valence-electron chi connectivity index (χ1n) is 11.2. The van der Waals surface area contributed by atoms with E-state index in [2.05, 4.69) is 32.4 Å². The highest BCUT2D eigenvalue weighted by molar-refractivity contribution is 5.79. The Kier molecular flexibility index (Phi) is 5.89. The van der Waals surface area contributed by atoms with Crippen LogP contribution < -0.4 is 15.0 Å². The molecule has 33 heavy (non-hydrogen) atoms. The summed E-state index contributed by atoms with van der Waals surface area (Å²) in [5.74, 6) is 1.95. The maximum absolute atomic E-state index is 5.85. The molecule has 0 saturated carbocycles. The van der Waals surface area contributed by atoms with Crippen LogP contribution in [-0.2, 0) is 7.05 Å². The average molecular weight is 442 g/mol. The first-order valence-corrected chi connectivity index (χ1v) is 11.2. The van der Waals surface area contributed by atoms with E-state index in [0.29, 0.717) is 17.5 Å². The standard InChI is InChI=1S/C25H27N7O/c1-31-16-11-21(30-31)18-7-6-8-19(17-18)22-23(33-2)24(27-20-9-12-26-13-10-20)29-25(28-22)32-14-4-3-5-15-32/h6-13,16-17H,3-5,14-15H2,1-2H3,(H,26,27,28,29). The van der Waals surface area contributed by atoms with Gasteiger partial charge in [-0.05, 0) is 43.5 Å². The van der Waals surface area contributed by atoms with Crippen molar-refractivity contribution >= 4 is 17.5 Å². The maximum atomic E-state index is 5.85. The van der Waals surface area contributed by atoms with Crippen molar-refractivity contribution in [2.45, 2.75) is 19.3 Å². The second-order valence-electron chi connectivity index (χ2n) is 8.12. The Hall–Kier alpha value is -3.94. The van der Waals surface area contributed by atoms with Crippen molar-refractivity contribution in [3.8, 4) is 28.3 Å². The molecule has 1 aliphatic heterocycles. The van der Waals surface area contributed by atoms with Crippen LogP contribution in [0.15, 0.2) is 61.1 Å². The Labute approximate surface area is 193 Å². The summed E-state index contributed by atoms with van der Waals surface area (Å²) in [6, 6.07) is 14.0. The van der Waals surface area contributed by atoms with E-state index in [9.17, 15) is 0 Å². The molecular weight excluding hydrogens is 414 g/mol. The van der Waals surface area contributed by atoms with E-state index in [1.54, 1.807) is 24.2 Å². The zero-order valence-electron chi connectivity index (χ0n) is 18.9. The quantitative estimate of drug-likeness (QED) is 0.465. The molecule has 168 valence electrons. The highest BCUT2D eigenvalue weighted by atomic mass is 16.5. The molecule has 1 saturated heterocycles. The molecule has 4 aromatic rings. The zero-order valence-corrected chi connectivity index (χ0v) is 18.9. The molecule has 0 unspecified atom stereocenters. The number of ether oxygens (including phenoxy) is 1. The van der Waals surface area contributed by atoms with Crippen molar-refractivity contribution in [2.24, 2.45) is 7.05 Å². The Morgan fingerprint density at radius 2 is 1.73 bits per heavy atom. The van der Waals surface area contributed by atoms with Crippen LogP contribution in [0.1, 0.15) is 19.3 Å². The SMILES string of the molecule is COc1c(Nc2ccncc2)nc(N2CCCCC2)nc1-c1cccc(-c2ccn(C)n2)c1. The molecule has 0 aliphatic carbocycles. The minimum Gasteiger partial charge on any atom is -0.491 e. The summed E-state index contributed by atoms with van der Waals surface area (Å²) in [4.78, 5) is 16.2. The first-order chi connectivity index (χ1) is 16.2. The van der Waals surface area contributed by atoms with Gasteiger partial charge in [0.1, 0.15) is 5.69 Å². The number of hydrogen-bond acceptors (Lipinski definition) is 7. The van der Waals surface area contributed by atoms with Gasteiger partial charge in [0.25, 0.3) is 0 Å². The van der Waals surface area contributed by atoms with Crippen LogP contribution in [0.3, 0.4) is 0 Å². The number of piperidine rings is 1. The number of anilines is 3. The molecule has 0 spiro atoms. The first kappa shape index (κ1) is 20.9. The Morgan fingerprint density at radius 1 is 0.939 bits per heavy atom. The molecule has 8 heteroatoms. The molecule has 1 N–H and O–H groups in total. The second kappa shape index (κ2) is 9.28. The van der Waals surface area contributed by atoms with E-state index in [0.717, 1.165) is 54.1 Å². The van der Waals surface area contributed by atoms with Crippen molar-refractivity contribution < 1.29 is 4.74 Å². The molecule has 1 fully saturated rings. The molecule has 1 aliphatic rings. The number of hydrogen-bond donors (Lipinski definition) is 1. The number of aromatic nitrogens is 5. The van der Waals surface area contributed by atoms with Gasteiger partial charge in [0.05, 0.1) is 12.8 Å². The van der Waals surface area contributed by atoms with E-state index in [1.165, 1.54) is 6.42 Å². The van der Waals surface area contributed by atoms with Crippen LogP contribution in [0.25, 0.3) is 22.5 Å². The third-order valence-electron chi connectivity index (χ3n) is 5.79. The van der Waals surface area contributed by atoms with Crippen molar-refractivity contribution in [3.05, 3.63) is 61.1 Å². The Bertz CT molecular complexity index is 1230. The summed E-state index contributed by atoms with van der Waals surface area (Å²) in [6.45, 7) is 1.91. The number of rotatable bonds is 6. The number of nitrogens with one attached hydrogen (secondary N) is 1. The van der Waals surface area contributed by atoms with Gasteiger partial charge in [-0.2, -0.15) is 10.1 Å². The van der Waals surface area contributed by atoms with Crippen molar-refractivity contribution in [1.29, 1.82) is 0 Å².